The Bertz CT molecular complexity index is 395. The van der Waals surface area contributed by atoms with Crippen LogP contribution in [0.3, 0.4) is 0 Å². The lowest BCUT2D eigenvalue weighted by atomic mass is 9.92. The number of benzene rings is 1. The number of hydrogen-bond donors (Lipinski definition) is 1. The van der Waals surface area contributed by atoms with Crippen LogP contribution in [0.2, 0.25) is 5.02 Å². The first-order valence-corrected chi connectivity index (χ1v) is 5.86. The summed E-state index contributed by atoms with van der Waals surface area (Å²) in [7, 11) is 0. The van der Waals surface area contributed by atoms with Crippen LogP contribution < -0.4 is 5.32 Å². The molecule has 3 rings (SSSR count). The van der Waals surface area contributed by atoms with E-state index >= 15 is 0 Å². The number of rotatable bonds is 0. The van der Waals surface area contributed by atoms with Crippen molar-refractivity contribution in [2.75, 3.05) is 19.7 Å². The van der Waals surface area contributed by atoms with Gasteiger partial charge in [0.25, 0.3) is 0 Å². The van der Waals surface area contributed by atoms with E-state index < -0.39 is 0 Å². The van der Waals surface area contributed by atoms with E-state index in [0.29, 0.717) is 0 Å². The fraction of sp³-hybridized carbons (Fsp3) is 0.500. The molecule has 16 heavy (non-hydrogen) atoms. The normalized spacial score (nSPS) is 22.9. The lowest BCUT2D eigenvalue weighted by Gasteiger charge is -2.27. The first-order valence-electron chi connectivity index (χ1n) is 5.49. The average molecular weight is 260 g/mol. The molecule has 1 aromatic carbocycles. The predicted molar refractivity (Wildman–Crippen MR) is 67.7 cm³/mol. The van der Waals surface area contributed by atoms with Crippen LogP contribution in [-0.4, -0.2) is 19.7 Å². The Balaban J connectivity index is 0.000000963. The van der Waals surface area contributed by atoms with E-state index in [-0.39, 0.29) is 18.5 Å². The monoisotopic (exact) mass is 259 g/mol. The molecule has 0 spiro atoms. The van der Waals surface area contributed by atoms with E-state index in [2.05, 4.69) is 11.4 Å². The summed E-state index contributed by atoms with van der Waals surface area (Å²) in [5.41, 5.74) is 4.08. The Morgan fingerprint density at radius 2 is 2.19 bits per heavy atom. The number of ether oxygens (including phenoxy) is 1. The van der Waals surface area contributed by atoms with Gasteiger partial charge in [-0.1, -0.05) is 17.7 Å². The highest BCUT2D eigenvalue weighted by Crippen LogP contribution is 2.35. The van der Waals surface area contributed by atoms with Gasteiger partial charge in [-0.25, -0.2) is 0 Å². The molecule has 0 bridgehead atoms. The van der Waals surface area contributed by atoms with E-state index in [1.54, 1.807) is 0 Å². The SMILES string of the molecule is Cl.Clc1ccc2c3c1CCOC3CNCC2. The van der Waals surface area contributed by atoms with Crippen molar-refractivity contribution in [1.29, 1.82) is 0 Å². The van der Waals surface area contributed by atoms with Gasteiger partial charge in [0, 0.05) is 11.6 Å². The second-order valence-electron chi connectivity index (χ2n) is 4.16. The molecule has 0 amide bonds. The Kier molecular flexibility index (Phi) is 3.75. The van der Waals surface area contributed by atoms with E-state index in [1.165, 1.54) is 16.7 Å². The minimum atomic E-state index is 0. The Hall–Kier alpha value is -0.280. The van der Waals surface area contributed by atoms with Crippen molar-refractivity contribution in [3.05, 3.63) is 33.8 Å². The van der Waals surface area contributed by atoms with Gasteiger partial charge in [-0.3, -0.25) is 0 Å². The maximum Gasteiger partial charge on any atom is 0.0955 e. The molecule has 2 aliphatic heterocycles. The van der Waals surface area contributed by atoms with Crippen molar-refractivity contribution in [3.8, 4) is 0 Å². The van der Waals surface area contributed by atoms with Crippen molar-refractivity contribution in [3.63, 3.8) is 0 Å². The quantitative estimate of drug-likeness (QED) is 0.774. The van der Waals surface area contributed by atoms with Crippen LogP contribution in [0.25, 0.3) is 0 Å². The zero-order valence-electron chi connectivity index (χ0n) is 8.96. The summed E-state index contributed by atoms with van der Waals surface area (Å²) >= 11 is 6.24. The minimum absolute atomic E-state index is 0. The van der Waals surface area contributed by atoms with Crippen LogP contribution in [0.5, 0.6) is 0 Å². The maximum atomic E-state index is 6.24. The molecule has 0 saturated carbocycles. The smallest absolute Gasteiger partial charge is 0.0955 e. The summed E-state index contributed by atoms with van der Waals surface area (Å²) < 4.78 is 5.80. The molecular formula is C12H15Cl2NO. The molecule has 0 aliphatic carbocycles. The first-order chi connectivity index (χ1) is 7.36. The molecule has 2 nitrogen and oxygen atoms in total. The maximum absolute atomic E-state index is 6.24. The molecule has 0 saturated heterocycles. The van der Waals surface area contributed by atoms with Crippen molar-refractivity contribution in [2.24, 2.45) is 0 Å². The summed E-state index contributed by atoms with van der Waals surface area (Å²) in [5, 5.41) is 4.31. The fourth-order valence-corrected chi connectivity index (χ4v) is 2.82. The summed E-state index contributed by atoms with van der Waals surface area (Å²) in [5.74, 6) is 0. The second kappa shape index (κ2) is 4.92. The van der Waals surface area contributed by atoms with Gasteiger partial charge in [0.05, 0.1) is 12.7 Å². The van der Waals surface area contributed by atoms with Crippen LogP contribution in [0.4, 0.5) is 0 Å². The van der Waals surface area contributed by atoms with Crippen LogP contribution >= 0.6 is 24.0 Å². The van der Waals surface area contributed by atoms with Crippen molar-refractivity contribution in [2.45, 2.75) is 18.9 Å². The largest absolute Gasteiger partial charge is 0.372 e. The van der Waals surface area contributed by atoms with Gasteiger partial charge >= 0.3 is 0 Å². The number of halogens is 2. The summed E-state index contributed by atoms with van der Waals surface area (Å²) in [6.07, 6.45) is 2.25. The van der Waals surface area contributed by atoms with E-state index in [1.807, 2.05) is 6.07 Å². The van der Waals surface area contributed by atoms with Gasteiger partial charge in [0.2, 0.25) is 0 Å². The summed E-state index contributed by atoms with van der Waals surface area (Å²) in [6, 6.07) is 4.18. The Morgan fingerprint density at radius 3 is 3.06 bits per heavy atom. The fourth-order valence-electron chi connectivity index (χ4n) is 2.56. The van der Waals surface area contributed by atoms with Gasteiger partial charge < -0.3 is 10.1 Å². The van der Waals surface area contributed by atoms with Gasteiger partial charge in [-0.05, 0) is 42.1 Å². The van der Waals surface area contributed by atoms with Crippen molar-refractivity contribution in [1.82, 2.24) is 5.32 Å². The van der Waals surface area contributed by atoms with E-state index in [0.717, 1.165) is 37.6 Å². The number of nitrogens with one attached hydrogen (secondary N) is 1. The molecule has 0 radical (unpaired) electrons. The van der Waals surface area contributed by atoms with Crippen LogP contribution in [0, 0.1) is 0 Å². The topological polar surface area (TPSA) is 21.3 Å². The molecule has 2 heterocycles. The van der Waals surface area contributed by atoms with Gasteiger partial charge in [-0.15, -0.1) is 12.4 Å². The summed E-state index contributed by atoms with van der Waals surface area (Å²) in [4.78, 5) is 0. The van der Waals surface area contributed by atoms with Crippen LogP contribution in [0.1, 0.15) is 22.8 Å². The van der Waals surface area contributed by atoms with Crippen LogP contribution in [0.15, 0.2) is 12.1 Å². The van der Waals surface area contributed by atoms with Crippen molar-refractivity contribution >= 4 is 24.0 Å². The Labute approximate surface area is 107 Å². The molecule has 1 aromatic rings. The molecule has 1 unspecified atom stereocenters. The summed E-state index contributed by atoms with van der Waals surface area (Å²) in [6.45, 7) is 2.75. The molecule has 1 N–H and O–H groups in total. The van der Waals surface area contributed by atoms with E-state index in [4.69, 9.17) is 16.3 Å². The van der Waals surface area contributed by atoms with E-state index in [9.17, 15) is 0 Å². The third kappa shape index (κ3) is 1.95. The highest BCUT2D eigenvalue weighted by molar-refractivity contribution is 6.31. The first kappa shape index (κ1) is 12.2. The zero-order chi connectivity index (χ0) is 10.3. The standard InChI is InChI=1S/C12H14ClNO.ClH/c13-10-2-1-8-3-5-14-7-11-12(8)9(10)4-6-15-11;/h1-2,11,14H,3-7H2;1H. The highest BCUT2D eigenvalue weighted by Gasteiger charge is 2.26. The molecule has 0 fully saturated rings. The lowest BCUT2D eigenvalue weighted by Crippen LogP contribution is -2.25. The predicted octanol–water partition coefficient (Wildman–Crippen LogP) is 2.52. The Morgan fingerprint density at radius 1 is 1.31 bits per heavy atom. The molecule has 0 aromatic heterocycles. The third-order valence-corrected chi connectivity index (χ3v) is 3.64. The molecule has 2 aliphatic rings. The third-order valence-electron chi connectivity index (χ3n) is 3.28. The molecule has 1 atom stereocenters. The molecule has 4 heteroatoms. The van der Waals surface area contributed by atoms with Gasteiger partial charge in [0.1, 0.15) is 0 Å². The van der Waals surface area contributed by atoms with Gasteiger partial charge in [0.15, 0.2) is 0 Å². The second-order valence-corrected chi connectivity index (χ2v) is 4.57. The van der Waals surface area contributed by atoms with Crippen molar-refractivity contribution < 1.29 is 4.74 Å². The number of hydrogen-bond acceptors (Lipinski definition) is 2. The van der Waals surface area contributed by atoms with Crippen LogP contribution in [-0.2, 0) is 17.6 Å². The molecular weight excluding hydrogens is 245 g/mol. The molecule has 88 valence electrons. The minimum Gasteiger partial charge on any atom is -0.372 e. The van der Waals surface area contributed by atoms with Gasteiger partial charge in [-0.2, -0.15) is 0 Å². The zero-order valence-corrected chi connectivity index (χ0v) is 10.5. The lowest BCUT2D eigenvalue weighted by molar-refractivity contribution is 0.0441. The highest BCUT2D eigenvalue weighted by atomic mass is 35.5. The average Bonchev–Trinajstić information content (AvgIpc) is 2.47.